The fourth-order valence-corrected chi connectivity index (χ4v) is 1.58. The molecule has 0 aliphatic carbocycles. The summed E-state index contributed by atoms with van der Waals surface area (Å²) in [4.78, 5) is 6.45. The Labute approximate surface area is 104 Å². The van der Waals surface area contributed by atoms with E-state index in [9.17, 15) is 0 Å². The van der Waals surface area contributed by atoms with E-state index in [0.717, 1.165) is 43.1 Å². The summed E-state index contributed by atoms with van der Waals surface area (Å²) in [7, 11) is 6.07. The third-order valence-electron chi connectivity index (χ3n) is 2.45. The average Bonchev–Trinajstić information content (AvgIpc) is 2.28. The number of ether oxygens (including phenoxy) is 1. The maximum Gasteiger partial charge on any atom is 0.127 e. The van der Waals surface area contributed by atoms with E-state index in [4.69, 9.17) is 4.74 Å². The van der Waals surface area contributed by atoms with Gasteiger partial charge >= 0.3 is 0 Å². The molecule has 1 N–H and O–H groups in total. The van der Waals surface area contributed by atoms with Gasteiger partial charge in [-0.05, 0) is 34.5 Å². The Kier molecular flexibility index (Phi) is 5.94. The van der Waals surface area contributed by atoms with Crippen LogP contribution >= 0.6 is 0 Å². The molecule has 0 saturated carbocycles. The van der Waals surface area contributed by atoms with Crippen LogP contribution in [0.4, 0.5) is 0 Å². The lowest BCUT2D eigenvalue weighted by Gasteiger charge is -2.13. The minimum absolute atomic E-state index is 0.748. The largest absolute Gasteiger partial charge is 0.493 e. The lowest BCUT2D eigenvalue weighted by Crippen LogP contribution is -2.16. The molecule has 1 heterocycles. The molecule has 0 saturated heterocycles. The smallest absolute Gasteiger partial charge is 0.127 e. The molecule has 0 aliphatic rings. The van der Waals surface area contributed by atoms with Crippen molar-refractivity contribution in [3.63, 3.8) is 0 Å². The Morgan fingerprint density at radius 2 is 2.18 bits per heavy atom. The number of nitrogens with one attached hydrogen (secondary N) is 1. The monoisotopic (exact) mass is 237 g/mol. The summed E-state index contributed by atoms with van der Waals surface area (Å²) in [5.74, 6) is 0.950. The van der Waals surface area contributed by atoms with E-state index < -0.39 is 0 Å². The van der Waals surface area contributed by atoms with Crippen molar-refractivity contribution in [3.05, 3.63) is 23.5 Å². The molecule has 0 bridgehead atoms. The van der Waals surface area contributed by atoms with Crippen molar-refractivity contribution in [2.45, 2.75) is 19.9 Å². The zero-order valence-corrected chi connectivity index (χ0v) is 11.3. The number of aryl methyl sites for hydroxylation is 1. The molecular formula is C13H23N3O. The van der Waals surface area contributed by atoms with Crippen molar-refractivity contribution in [1.82, 2.24) is 15.2 Å². The fourth-order valence-electron chi connectivity index (χ4n) is 1.58. The number of hydrogen-bond donors (Lipinski definition) is 1. The van der Waals surface area contributed by atoms with Gasteiger partial charge in [-0.1, -0.05) is 0 Å². The van der Waals surface area contributed by atoms with Crippen LogP contribution in [0.25, 0.3) is 0 Å². The molecule has 96 valence electrons. The van der Waals surface area contributed by atoms with Crippen molar-refractivity contribution in [2.24, 2.45) is 0 Å². The van der Waals surface area contributed by atoms with Crippen LogP contribution in [0.5, 0.6) is 5.75 Å². The van der Waals surface area contributed by atoms with Gasteiger partial charge in [0.1, 0.15) is 5.75 Å². The van der Waals surface area contributed by atoms with Gasteiger partial charge in [0, 0.05) is 36.6 Å². The van der Waals surface area contributed by atoms with Crippen molar-refractivity contribution in [1.29, 1.82) is 0 Å². The van der Waals surface area contributed by atoms with Gasteiger partial charge in [0.25, 0.3) is 0 Å². The molecule has 1 rings (SSSR count). The molecular weight excluding hydrogens is 214 g/mol. The first kappa shape index (κ1) is 13.9. The summed E-state index contributed by atoms with van der Waals surface area (Å²) in [5.41, 5.74) is 2.11. The third-order valence-corrected chi connectivity index (χ3v) is 2.45. The first-order valence-corrected chi connectivity index (χ1v) is 6.01. The zero-order valence-electron chi connectivity index (χ0n) is 11.3. The number of hydrogen-bond acceptors (Lipinski definition) is 4. The average molecular weight is 237 g/mol. The summed E-state index contributed by atoms with van der Waals surface area (Å²) < 4.78 is 5.81. The second-order valence-electron chi connectivity index (χ2n) is 4.47. The van der Waals surface area contributed by atoms with E-state index in [-0.39, 0.29) is 0 Å². The molecule has 0 radical (unpaired) electrons. The first-order valence-electron chi connectivity index (χ1n) is 6.01. The summed E-state index contributed by atoms with van der Waals surface area (Å²) in [5, 5.41) is 3.12. The molecule has 0 unspecified atom stereocenters. The van der Waals surface area contributed by atoms with Gasteiger partial charge in [-0.3, -0.25) is 4.98 Å². The standard InChI is InChI=1S/C13H23N3O/c1-11-8-13(12(9-14-2)10-15-11)17-7-5-6-16(3)4/h8,10,14H,5-7,9H2,1-4H3. The van der Waals surface area contributed by atoms with Crippen molar-refractivity contribution in [3.8, 4) is 5.75 Å². The van der Waals surface area contributed by atoms with E-state index in [0.29, 0.717) is 0 Å². The summed E-state index contributed by atoms with van der Waals surface area (Å²) >= 11 is 0. The Bertz CT molecular complexity index is 339. The van der Waals surface area contributed by atoms with Gasteiger partial charge in [0.15, 0.2) is 0 Å². The quantitative estimate of drug-likeness (QED) is 0.728. The van der Waals surface area contributed by atoms with Gasteiger partial charge < -0.3 is 15.0 Å². The van der Waals surface area contributed by atoms with Crippen LogP contribution in [-0.4, -0.2) is 44.2 Å². The Balaban J connectivity index is 2.52. The van der Waals surface area contributed by atoms with E-state index in [2.05, 4.69) is 29.3 Å². The molecule has 1 aromatic heterocycles. The number of nitrogens with zero attached hydrogens (tertiary/aromatic N) is 2. The zero-order chi connectivity index (χ0) is 12.7. The van der Waals surface area contributed by atoms with E-state index >= 15 is 0 Å². The van der Waals surface area contributed by atoms with Gasteiger partial charge in [-0.2, -0.15) is 0 Å². The van der Waals surface area contributed by atoms with E-state index in [1.807, 2.05) is 26.2 Å². The predicted octanol–water partition coefficient (Wildman–Crippen LogP) is 1.44. The highest BCUT2D eigenvalue weighted by Gasteiger charge is 2.04. The van der Waals surface area contributed by atoms with Gasteiger partial charge in [0.05, 0.1) is 6.61 Å². The van der Waals surface area contributed by atoms with Crippen molar-refractivity contribution >= 4 is 0 Å². The SMILES string of the molecule is CNCc1cnc(C)cc1OCCCN(C)C. The van der Waals surface area contributed by atoms with Crippen LogP contribution < -0.4 is 10.1 Å². The van der Waals surface area contributed by atoms with Crippen molar-refractivity contribution < 1.29 is 4.74 Å². The third kappa shape index (κ3) is 5.15. The number of aromatic nitrogens is 1. The highest BCUT2D eigenvalue weighted by Crippen LogP contribution is 2.18. The van der Waals surface area contributed by atoms with Crippen molar-refractivity contribution in [2.75, 3.05) is 34.3 Å². The molecule has 1 aromatic rings. The summed E-state index contributed by atoms with van der Waals surface area (Å²) in [6.45, 7) is 4.57. The van der Waals surface area contributed by atoms with Crippen LogP contribution in [0.3, 0.4) is 0 Å². The topological polar surface area (TPSA) is 37.4 Å². The molecule has 0 atom stereocenters. The van der Waals surface area contributed by atoms with Gasteiger partial charge in [-0.25, -0.2) is 0 Å². The Morgan fingerprint density at radius 1 is 1.41 bits per heavy atom. The molecule has 0 aliphatic heterocycles. The van der Waals surface area contributed by atoms with Gasteiger partial charge in [-0.15, -0.1) is 0 Å². The molecule has 0 spiro atoms. The van der Waals surface area contributed by atoms with Crippen LogP contribution in [0.1, 0.15) is 17.7 Å². The highest BCUT2D eigenvalue weighted by molar-refractivity contribution is 5.32. The second-order valence-corrected chi connectivity index (χ2v) is 4.47. The summed E-state index contributed by atoms with van der Waals surface area (Å²) in [6, 6.07) is 2.00. The highest BCUT2D eigenvalue weighted by atomic mass is 16.5. The van der Waals surface area contributed by atoms with Crippen LogP contribution in [0.2, 0.25) is 0 Å². The van der Waals surface area contributed by atoms with Gasteiger partial charge in [0.2, 0.25) is 0 Å². The predicted molar refractivity (Wildman–Crippen MR) is 70.4 cm³/mol. The summed E-state index contributed by atoms with van der Waals surface area (Å²) in [6.07, 6.45) is 2.92. The lowest BCUT2D eigenvalue weighted by molar-refractivity contribution is 0.278. The van der Waals surface area contributed by atoms with Crippen LogP contribution in [0, 0.1) is 6.92 Å². The minimum atomic E-state index is 0.748. The Morgan fingerprint density at radius 3 is 2.82 bits per heavy atom. The molecule has 0 fully saturated rings. The molecule has 4 nitrogen and oxygen atoms in total. The molecule has 0 aromatic carbocycles. The minimum Gasteiger partial charge on any atom is -0.493 e. The lowest BCUT2D eigenvalue weighted by atomic mass is 10.2. The molecule has 17 heavy (non-hydrogen) atoms. The van der Waals surface area contributed by atoms with Crippen LogP contribution in [-0.2, 0) is 6.54 Å². The number of rotatable bonds is 7. The second kappa shape index (κ2) is 7.25. The first-order chi connectivity index (χ1) is 8.13. The maximum absolute atomic E-state index is 5.81. The molecule has 0 amide bonds. The maximum atomic E-state index is 5.81. The Hall–Kier alpha value is -1.13. The van der Waals surface area contributed by atoms with Crippen LogP contribution in [0.15, 0.2) is 12.3 Å². The normalized spacial score (nSPS) is 10.9. The fraction of sp³-hybridized carbons (Fsp3) is 0.615. The number of pyridine rings is 1. The van der Waals surface area contributed by atoms with E-state index in [1.165, 1.54) is 0 Å². The van der Waals surface area contributed by atoms with E-state index in [1.54, 1.807) is 0 Å². The molecule has 4 heteroatoms.